The largest absolute Gasteiger partial charge is 0.372 e. The minimum atomic E-state index is -0.0950. The lowest BCUT2D eigenvalue weighted by Gasteiger charge is -2.20. The first-order valence-electron chi connectivity index (χ1n) is 5.33. The van der Waals surface area contributed by atoms with Crippen LogP contribution in [0.5, 0.6) is 0 Å². The third-order valence-corrected chi connectivity index (χ3v) is 2.27. The average molecular weight is 184 g/mol. The van der Waals surface area contributed by atoms with Gasteiger partial charge >= 0.3 is 0 Å². The molecular weight excluding hydrogens is 160 g/mol. The average Bonchev–Trinajstić information content (AvgIpc) is 2.03. The van der Waals surface area contributed by atoms with Gasteiger partial charge in [0.25, 0.3) is 0 Å². The Hall–Kier alpha value is -0.300. The lowest BCUT2D eigenvalue weighted by atomic mass is 10.0. The molecule has 0 spiro atoms. The molecule has 0 aliphatic heterocycles. The van der Waals surface area contributed by atoms with Gasteiger partial charge in [0.2, 0.25) is 0 Å². The fraction of sp³-hybridized carbons (Fsp3) is 0.833. The van der Waals surface area contributed by atoms with E-state index in [1.807, 2.05) is 6.92 Å². The van der Waals surface area contributed by atoms with Gasteiger partial charge in [-0.1, -0.05) is 32.4 Å². The summed E-state index contributed by atoms with van der Waals surface area (Å²) in [6.07, 6.45) is 6.82. The summed E-state index contributed by atoms with van der Waals surface area (Å²) in [5, 5.41) is 0. The van der Waals surface area contributed by atoms with Crippen molar-refractivity contribution in [2.24, 2.45) is 5.92 Å². The molecule has 0 aliphatic rings. The Morgan fingerprint density at radius 1 is 1.31 bits per heavy atom. The van der Waals surface area contributed by atoms with Gasteiger partial charge in [0.15, 0.2) is 0 Å². The zero-order valence-electron chi connectivity index (χ0n) is 9.76. The van der Waals surface area contributed by atoms with Crippen LogP contribution in [0.1, 0.15) is 47.5 Å². The topological polar surface area (TPSA) is 9.23 Å². The summed E-state index contributed by atoms with van der Waals surface area (Å²) >= 11 is 0. The second-order valence-corrected chi connectivity index (χ2v) is 4.19. The van der Waals surface area contributed by atoms with E-state index >= 15 is 0 Å². The van der Waals surface area contributed by atoms with Crippen molar-refractivity contribution in [2.75, 3.05) is 6.61 Å². The molecule has 0 saturated carbocycles. The van der Waals surface area contributed by atoms with E-state index < -0.39 is 0 Å². The van der Waals surface area contributed by atoms with E-state index in [4.69, 9.17) is 4.74 Å². The van der Waals surface area contributed by atoms with Crippen molar-refractivity contribution in [3.63, 3.8) is 0 Å². The van der Waals surface area contributed by atoms with Crippen molar-refractivity contribution in [3.8, 4) is 0 Å². The fourth-order valence-electron chi connectivity index (χ4n) is 1.17. The van der Waals surface area contributed by atoms with E-state index in [0.717, 1.165) is 18.9 Å². The Labute approximate surface area is 83.2 Å². The van der Waals surface area contributed by atoms with Crippen molar-refractivity contribution < 1.29 is 4.74 Å². The molecule has 13 heavy (non-hydrogen) atoms. The Kier molecular flexibility index (Phi) is 6.06. The first kappa shape index (κ1) is 12.7. The molecule has 1 nitrogen and oxygen atoms in total. The number of hydrogen-bond acceptors (Lipinski definition) is 1. The highest BCUT2D eigenvalue weighted by atomic mass is 16.5. The van der Waals surface area contributed by atoms with Crippen LogP contribution < -0.4 is 0 Å². The molecule has 1 unspecified atom stereocenters. The van der Waals surface area contributed by atoms with Gasteiger partial charge in [0.05, 0.1) is 5.60 Å². The van der Waals surface area contributed by atoms with E-state index in [-0.39, 0.29) is 5.60 Å². The molecule has 0 aromatic heterocycles. The fourth-order valence-corrected chi connectivity index (χ4v) is 1.17. The van der Waals surface area contributed by atoms with Gasteiger partial charge in [0.1, 0.15) is 0 Å². The van der Waals surface area contributed by atoms with Crippen molar-refractivity contribution in [1.82, 2.24) is 0 Å². The van der Waals surface area contributed by atoms with Crippen LogP contribution in [-0.4, -0.2) is 12.2 Å². The monoisotopic (exact) mass is 184 g/mol. The smallest absolute Gasteiger partial charge is 0.0806 e. The summed E-state index contributed by atoms with van der Waals surface area (Å²) in [6, 6.07) is 0. The minimum absolute atomic E-state index is 0.0950. The predicted molar refractivity (Wildman–Crippen MR) is 58.9 cm³/mol. The Bertz CT molecular complexity index is 147. The molecule has 0 saturated heterocycles. The van der Waals surface area contributed by atoms with Crippen molar-refractivity contribution in [1.29, 1.82) is 0 Å². The molecule has 0 radical (unpaired) electrons. The lowest BCUT2D eigenvalue weighted by molar-refractivity contribution is 0.0283. The standard InChI is InChI=1S/C12H24O/c1-6-11(3)9-8-10-12(4,5)13-7-2/h8,10-11H,6-7,9H2,1-5H3. The number of ether oxygens (including phenoxy) is 1. The van der Waals surface area contributed by atoms with Gasteiger partial charge in [-0.25, -0.2) is 0 Å². The van der Waals surface area contributed by atoms with Crippen LogP contribution in [0.3, 0.4) is 0 Å². The third kappa shape index (κ3) is 6.83. The molecule has 0 heterocycles. The van der Waals surface area contributed by atoms with Gasteiger partial charge in [-0.2, -0.15) is 0 Å². The molecule has 0 N–H and O–H groups in total. The van der Waals surface area contributed by atoms with Crippen LogP contribution in [-0.2, 0) is 4.74 Å². The quantitative estimate of drug-likeness (QED) is 0.571. The number of hydrogen-bond donors (Lipinski definition) is 0. The van der Waals surface area contributed by atoms with Crippen LogP contribution >= 0.6 is 0 Å². The van der Waals surface area contributed by atoms with E-state index in [0.29, 0.717) is 0 Å². The number of allylic oxidation sites excluding steroid dienone is 1. The first-order chi connectivity index (χ1) is 6.02. The summed E-state index contributed by atoms with van der Waals surface area (Å²) in [4.78, 5) is 0. The second-order valence-electron chi connectivity index (χ2n) is 4.19. The molecule has 0 aliphatic carbocycles. The van der Waals surface area contributed by atoms with E-state index in [1.165, 1.54) is 6.42 Å². The molecule has 1 atom stereocenters. The van der Waals surface area contributed by atoms with Crippen LogP contribution in [0.25, 0.3) is 0 Å². The maximum Gasteiger partial charge on any atom is 0.0806 e. The Morgan fingerprint density at radius 2 is 1.92 bits per heavy atom. The summed E-state index contributed by atoms with van der Waals surface area (Å²) in [6.45, 7) is 11.5. The van der Waals surface area contributed by atoms with Crippen LogP contribution in [0.4, 0.5) is 0 Å². The molecule has 78 valence electrons. The maximum atomic E-state index is 5.56. The summed E-state index contributed by atoms with van der Waals surface area (Å²) in [7, 11) is 0. The highest BCUT2D eigenvalue weighted by molar-refractivity contribution is 4.97. The molecule has 0 aromatic rings. The van der Waals surface area contributed by atoms with Gasteiger partial charge in [-0.3, -0.25) is 0 Å². The molecule has 0 rings (SSSR count). The van der Waals surface area contributed by atoms with Gasteiger partial charge in [-0.15, -0.1) is 0 Å². The second kappa shape index (κ2) is 6.20. The zero-order valence-corrected chi connectivity index (χ0v) is 9.76. The molecule has 0 aromatic carbocycles. The Morgan fingerprint density at radius 3 is 2.38 bits per heavy atom. The van der Waals surface area contributed by atoms with Crippen molar-refractivity contribution in [2.45, 2.75) is 53.1 Å². The van der Waals surface area contributed by atoms with Crippen molar-refractivity contribution in [3.05, 3.63) is 12.2 Å². The first-order valence-corrected chi connectivity index (χ1v) is 5.33. The normalized spacial score (nSPS) is 15.2. The maximum absolute atomic E-state index is 5.56. The highest BCUT2D eigenvalue weighted by Crippen LogP contribution is 2.13. The molecule has 0 bridgehead atoms. The Balaban J connectivity index is 3.81. The molecular formula is C12H24O. The van der Waals surface area contributed by atoms with Gasteiger partial charge < -0.3 is 4.74 Å². The highest BCUT2D eigenvalue weighted by Gasteiger charge is 2.11. The summed E-state index contributed by atoms with van der Waals surface area (Å²) in [5.41, 5.74) is -0.0950. The van der Waals surface area contributed by atoms with Crippen LogP contribution in [0.2, 0.25) is 0 Å². The van der Waals surface area contributed by atoms with Gasteiger partial charge in [-0.05, 0) is 33.1 Å². The number of rotatable bonds is 6. The summed E-state index contributed by atoms with van der Waals surface area (Å²) < 4.78 is 5.56. The predicted octanol–water partition coefficient (Wildman–Crippen LogP) is 3.79. The minimum Gasteiger partial charge on any atom is -0.372 e. The third-order valence-electron chi connectivity index (χ3n) is 2.27. The van der Waals surface area contributed by atoms with Crippen molar-refractivity contribution >= 4 is 0 Å². The summed E-state index contributed by atoms with van der Waals surface area (Å²) in [5.74, 6) is 0.786. The van der Waals surface area contributed by atoms with E-state index in [2.05, 4.69) is 39.8 Å². The zero-order chi connectivity index (χ0) is 10.3. The van der Waals surface area contributed by atoms with E-state index in [1.54, 1.807) is 0 Å². The molecule has 1 heteroatoms. The molecule has 0 amide bonds. The molecule has 0 fully saturated rings. The van der Waals surface area contributed by atoms with Crippen LogP contribution in [0, 0.1) is 5.92 Å². The van der Waals surface area contributed by atoms with Crippen LogP contribution in [0.15, 0.2) is 12.2 Å². The van der Waals surface area contributed by atoms with E-state index in [9.17, 15) is 0 Å². The van der Waals surface area contributed by atoms with Gasteiger partial charge in [0, 0.05) is 6.61 Å². The SMILES string of the molecule is CCOC(C)(C)C=CCC(C)CC. The lowest BCUT2D eigenvalue weighted by Crippen LogP contribution is -2.20.